The highest BCUT2D eigenvalue weighted by Crippen LogP contribution is 2.26. The Balaban J connectivity index is 0.000000209. The van der Waals surface area contributed by atoms with E-state index >= 15 is 0 Å². The topological polar surface area (TPSA) is 32.3 Å². The van der Waals surface area contributed by atoms with Crippen LogP contribution in [0.5, 0.6) is 0 Å². The number of rotatable bonds is 2. The molecule has 0 atom stereocenters. The van der Waals surface area contributed by atoms with E-state index in [9.17, 15) is 4.79 Å². The third-order valence-electron chi connectivity index (χ3n) is 2.76. The summed E-state index contributed by atoms with van der Waals surface area (Å²) in [4.78, 5) is 11.8. The van der Waals surface area contributed by atoms with Crippen LogP contribution in [0.2, 0.25) is 0 Å². The summed E-state index contributed by atoms with van der Waals surface area (Å²) in [5.41, 5.74) is 4.29. The molecule has 17 heavy (non-hydrogen) atoms. The summed E-state index contributed by atoms with van der Waals surface area (Å²) in [6.45, 7) is 7.15. The molecular weight excluding hydrogens is 212 g/mol. The van der Waals surface area contributed by atoms with E-state index in [2.05, 4.69) is 42.4 Å². The van der Waals surface area contributed by atoms with Crippen LogP contribution >= 0.6 is 0 Å². The molecule has 1 aliphatic rings. The lowest BCUT2D eigenvalue weighted by Gasteiger charge is -2.11. The van der Waals surface area contributed by atoms with Crippen LogP contribution < -0.4 is 10.2 Å². The maximum absolute atomic E-state index is 9.50. The minimum atomic E-state index is 0.280. The van der Waals surface area contributed by atoms with Gasteiger partial charge in [0.15, 0.2) is 0 Å². The highest BCUT2D eigenvalue weighted by molar-refractivity contribution is 5.58. The summed E-state index contributed by atoms with van der Waals surface area (Å²) < 4.78 is 0. The molecule has 0 fully saturated rings. The molecule has 0 spiro atoms. The first-order chi connectivity index (χ1) is 8.04. The van der Waals surface area contributed by atoms with Gasteiger partial charge >= 0.3 is 0 Å². The van der Waals surface area contributed by atoms with Gasteiger partial charge in [-0.05, 0) is 38.8 Å². The Kier molecular flexibility index (Phi) is 5.01. The Morgan fingerprint density at radius 2 is 2.12 bits per heavy atom. The number of benzene rings is 1. The summed E-state index contributed by atoms with van der Waals surface area (Å²) in [6, 6.07) is 6.97. The third kappa shape index (κ3) is 4.10. The number of carbonyl (C=O) groups is 1. The fourth-order valence-electron chi connectivity index (χ4n) is 1.83. The lowest BCUT2D eigenvalue weighted by atomic mass is 10.1. The number of anilines is 1. The van der Waals surface area contributed by atoms with Crippen molar-refractivity contribution >= 4 is 12.1 Å². The molecule has 3 heteroatoms. The van der Waals surface area contributed by atoms with Crippen LogP contribution in [0.4, 0.5) is 5.69 Å². The highest BCUT2D eigenvalue weighted by atomic mass is 16.1. The normalized spacial score (nSPS) is 12.9. The first-order valence-electron chi connectivity index (χ1n) is 6.05. The van der Waals surface area contributed by atoms with Crippen molar-refractivity contribution in [2.24, 2.45) is 0 Å². The van der Waals surface area contributed by atoms with Crippen molar-refractivity contribution in [1.29, 1.82) is 0 Å². The second kappa shape index (κ2) is 6.28. The Bertz CT molecular complexity index is 374. The minimum Gasteiger partial charge on any atom is -0.374 e. The van der Waals surface area contributed by atoms with Crippen LogP contribution in [0.3, 0.4) is 0 Å². The molecule has 0 saturated carbocycles. The van der Waals surface area contributed by atoms with E-state index in [-0.39, 0.29) is 6.04 Å². The third-order valence-corrected chi connectivity index (χ3v) is 2.76. The average molecular weight is 234 g/mol. The molecule has 1 heterocycles. The number of hydrogen-bond acceptors (Lipinski definition) is 2. The van der Waals surface area contributed by atoms with E-state index in [0.29, 0.717) is 6.41 Å². The molecule has 94 valence electrons. The number of fused-ring (bicyclic) bond motifs is 1. The van der Waals surface area contributed by atoms with Crippen LogP contribution in [-0.4, -0.2) is 26.0 Å². The molecule has 3 nitrogen and oxygen atoms in total. The van der Waals surface area contributed by atoms with Gasteiger partial charge in [-0.2, -0.15) is 0 Å². The minimum absolute atomic E-state index is 0.280. The standard InChI is InChI=1S/C10H13N.C4H9NO/c1-8-3-4-10-9(7-8)5-6-11(10)2;1-4(2)5-3-6/h3-4,7H,5-6H2,1-2H3;3-4H,1-2H3,(H,5,6). The van der Waals surface area contributed by atoms with E-state index in [0.717, 1.165) is 0 Å². The molecule has 2 rings (SSSR count). The van der Waals surface area contributed by atoms with Gasteiger partial charge in [0, 0.05) is 25.3 Å². The average Bonchev–Trinajstić information content (AvgIpc) is 2.60. The van der Waals surface area contributed by atoms with Gasteiger partial charge in [0.2, 0.25) is 6.41 Å². The van der Waals surface area contributed by atoms with Crippen LogP contribution in [0.25, 0.3) is 0 Å². The zero-order chi connectivity index (χ0) is 12.8. The number of carbonyl (C=O) groups excluding carboxylic acids is 1. The van der Waals surface area contributed by atoms with Crippen molar-refractivity contribution in [2.45, 2.75) is 33.2 Å². The first-order valence-corrected chi connectivity index (χ1v) is 6.05. The Labute approximate surface area is 104 Å². The second-order valence-electron chi connectivity index (χ2n) is 4.74. The van der Waals surface area contributed by atoms with E-state index in [1.54, 1.807) is 0 Å². The Hall–Kier alpha value is -1.51. The lowest BCUT2D eigenvalue weighted by Crippen LogP contribution is -2.19. The van der Waals surface area contributed by atoms with Crippen molar-refractivity contribution in [3.8, 4) is 0 Å². The number of aryl methyl sites for hydroxylation is 1. The molecule has 0 aromatic heterocycles. The molecule has 1 amide bonds. The van der Waals surface area contributed by atoms with Gasteiger partial charge in [-0.15, -0.1) is 0 Å². The zero-order valence-corrected chi connectivity index (χ0v) is 11.2. The number of hydrogen-bond donors (Lipinski definition) is 1. The van der Waals surface area contributed by atoms with Gasteiger partial charge in [0.25, 0.3) is 0 Å². The molecule has 1 aromatic rings. The number of likely N-dealkylation sites (N-methyl/N-ethyl adjacent to an activating group) is 1. The number of nitrogens with one attached hydrogen (secondary N) is 1. The largest absolute Gasteiger partial charge is 0.374 e. The fraction of sp³-hybridized carbons (Fsp3) is 0.500. The summed E-state index contributed by atoms with van der Waals surface area (Å²) >= 11 is 0. The molecule has 0 bridgehead atoms. The van der Waals surface area contributed by atoms with Gasteiger partial charge in [-0.3, -0.25) is 4.79 Å². The van der Waals surface area contributed by atoms with Crippen molar-refractivity contribution in [2.75, 3.05) is 18.5 Å². The van der Waals surface area contributed by atoms with Crippen molar-refractivity contribution < 1.29 is 4.79 Å². The summed E-state index contributed by atoms with van der Waals surface area (Å²) in [7, 11) is 2.15. The van der Waals surface area contributed by atoms with E-state index in [1.165, 1.54) is 29.8 Å². The lowest BCUT2D eigenvalue weighted by molar-refractivity contribution is -0.109. The van der Waals surface area contributed by atoms with Gasteiger partial charge in [-0.25, -0.2) is 0 Å². The van der Waals surface area contributed by atoms with E-state index in [1.807, 2.05) is 13.8 Å². The number of amides is 1. The van der Waals surface area contributed by atoms with Gasteiger partial charge in [-0.1, -0.05) is 17.7 Å². The highest BCUT2D eigenvalue weighted by Gasteiger charge is 2.14. The predicted molar refractivity (Wildman–Crippen MR) is 72.5 cm³/mol. The molecule has 1 N–H and O–H groups in total. The summed E-state index contributed by atoms with van der Waals surface area (Å²) in [5.74, 6) is 0. The van der Waals surface area contributed by atoms with Crippen molar-refractivity contribution in [1.82, 2.24) is 5.32 Å². The van der Waals surface area contributed by atoms with Gasteiger partial charge in [0.05, 0.1) is 0 Å². The second-order valence-corrected chi connectivity index (χ2v) is 4.74. The maximum Gasteiger partial charge on any atom is 0.207 e. The maximum atomic E-state index is 9.50. The molecule has 1 aromatic carbocycles. The van der Waals surface area contributed by atoms with Gasteiger partial charge in [0.1, 0.15) is 0 Å². The monoisotopic (exact) mass is 234 g/mol. The molecule has 0 unspecified atom stereocenters. The van der Waals surface area contributed by atoms with Crippen LogP contribution in [0.1, 0.15) is 25.0 Å². The van der Waals surface area contributed by atoms with Crippen molar-refractivity contribution in [3.63, 3.8) is 0 Å². The first kappa shape index (κ1) is 13.6. The van der Waals surface area contributed by atoms with Crippen molar-refractivity contribution in [3.05, 3.63) is 29.3 Å². The summed E-state index contributed by atoms with van der Waals surface area (Å²) in [6.07, 6.45) is 1.91. The zero-order valence-electron chi connectivity index (χ0n) is 11.2. The van der Waals surface area contributed by atoms with Crippen LogP contribution in [0, 0.1) is 6.92 Å². The number of nitrogens with zero attached hydrogens (tertiary/aromatic N) is 1. The van der Waals surface area contributed by atoms with E-state index < -0.39 is 0 Å². The Morgan fingerprint density at radius 3 is 2.65 bits per heavy atom. The molecular formula is C14H22N2O. The van der Waals surface area contributed by atoms with Crippen LogP contribution in [-0.2, 0) is 11.2 Å². The molecule has 0 saturated heterocycles. The van der Waals surface area contributed by atoms with Gasteiger partial charge < -0.3 is 10.2 Å². The van der Waals surface area contributed by atoms with Crippen LogP contribution in [0.15, 0.2) is 18.2 Å². The summed E-state index contributed by atoms with van der Waals surface area (Å²) in [5, 5.41) is 2.53. The Morgan fingerprint density at radius 1 is 1.41 bits per heavy atom. The van der Waals surface area contributed by atoms with E-state index in [4.69, 9.17) is 0 Å². The quantitative estimate of drug-likeness (QED) is 0.795. The molecule has 1 aliphatic heterocycles. The molecule has 0 radical (unpaired) electrons. The smallest absolute Gasteiger partial charge is 0.207 e. The molecule has 0 aliphatic carbocycles. The SMILES string of the molecule is CC(C)NC=O.Cc1ccc2c(c1)CCN2C. The fourth-order valence-corrected chi connectivity index (χ4v) is 1.83. The predicted octanol–water partition coefficient (Wildman–Crippen LogP) is 2.13.